The van der Waals surface area contributed by atoms with Crippen LogP contribution < -0.4 is 4.74 Å². The molecule has 1 aromatic carbocycles. The van der Waals surface area contributed by atoms with Crippen LogP contribution in [-0.4, -0.2) is 37.4 Å². The molecule has 1 saturated heterocycles. The van der Waals surface area contributed by atoms with Gasteiger partial charge in [-0.25, -0.2) is 4.79 Å². The van der Waals surface area contributed by atoms with Crippen LogP contribution in [0.2, 0.25) is 0 Å². The van der Waals surface area contributed by atoms with Gasteiger partial charge >= 0.3 is 6.09 Å². The summed E-state index contributed by atoms with van der Waals surface area (Å²) in [7, 11) is 1.60. The molecule has 1 amide bonds. The lowest BCUT2D eigenvalue weighted by molar-refractivity contribution is 0.155. The molecule has 0 radical (unpaired) electrons. The zero-order chi connectivity index (χ0) is 13.0. The average Bonchev–Trinajstić information content (AvgIpc) is 2.73. The Labute approximate surface area is 105 Å². The van der Waals surface area contributed by atoms with E-state index in [1.54, 1.807) is 12.0 Å². The van der Waals surface area contributed by atoms with Crippen molar-refractivity contribution in [1.29, 1.82) is 0 Å². The van der Waals surface area contributed by atoms with E-state index in [2.05, 4.69) is 0 Å². The van der Waals surface area contributed by atoms with Gasteiger partial charge in [-0.1, -0.05) is 12.1 Å². The van der Waals surface area contributed by atoms with Crippen LogP contribution in [-0.2, 0) is 11.3 Å². The highest BCUT2D eigenvalue weighted by atomic mass is 19.1. The van der Waals surface area contributed by atoms with Crippen molar-refractivity contribution in [2.75, 3.05) is 20.4 Å². The van der Waals surface area contributed by atoms with Crippen molar-refractivity contribution in [1.82, 2.24) is 4.90 Å². The van der Waals surface area contributed by atoms with Gasteiger partial charge in [0.25, 0.3) is 0 Å². The number of cyclic esters (lactones) is 1. The lowest BCUT2D eigenvalue weighted by atomic mass is 10.1. The molecule has 0 unspecified atom stereocenters. The summed E-state index contributed by atoms with van der Waals surface area (Å²) >= 11 is 0. The SMILES string of the molecule is COc1ccc(CN2C(=O)OC[C@H]2CCF)cc1. The number of carbonyl (C=O) groups is 1. The minimum Gasteiger partial charge on any atom is -0.497 e. The summed E-state index contributed by atoms with van der Waals surface area (Å²) < 4.78 is 22.4. The molecule has 1 aliphatic rings. The van der Waals surface area contributed by atoms with Gasteiger partial charge in [-0.15, -0.1) is 0 Å². The highest BCUT2D eigenvalue weighted by molar-refractivity contribution is 5.70. The number of rotatable bonds is 5. The summed E-state index contributed by atoms with van der Waals surface area (Å²) in [5.41, 5.74) is 0.971. The van der Waals surface area contributed by atoms with Crippen molar-refractivity contribution in [2.45, 2.75) is 19.0 Å². The minimum atomic E-state index is -0.444. The standard InChI is InChI=1S/C13H16FNO3/c1-17-12-4-2-10(3-5-12)8-15-11(6-7-14)9-18-13(15)16/h2-5,11H,6-9H2,1H3/t11-/m1/s1. The third kappa shape index (κ3) is 2.72. The van der Waals surface area contributed by atoms with E-state index in [-0.39, 0.29) is 18.7 Å². The highest BCUT2D eigenvalue weighted by Crippen LogP contribution is 2.20. The summed E-state index contributed by atoms with van der Waals surface area (Å²) in [5, 5.41) is 0. The largest absolute Gasteiger partial charge is 0.497 e. The van der Waals surface area contributed by atoms with E-state index in [0.717, 1.165) is 11.3 Å². The summed E-state index contributed by atoms with van der Waals surface area (Å²) in [5.74, 6) is 0.767. The predicted octanol–water partition coefficient (Wildman–Crippen LogP) is 2.38. The molecule has 1 heterocycles. The summed E-state index contributed by atoms with van der Waals surface area (Å²) in [6.07, 6.45) is -0.0497. The molecule has 1 aliphatic heterocycles. The second-order valence-electron chi connectivity index (χ2n) is 4.18. The molecule has 0 aliphatic carbocycles. The van der Waals surface area contributed by atoms with Crippen molar-refractivity contribution in [2.24, 2.45) is 0 Å². The van der Waals surface area contributed by atoms with E-state index in [4.69, 9.17) is 9.47 Å². The first kappa shape index (κ1) is 12.7. The number of nitrogens with zero attached hydrogens (tertiary/aromatic N) is 1. The molecule has 1 atom stereocenters. The van der Waals surface area contributed by atoms with Gasteiger partial charge in [-0.2, -0.15) is 0 Å². The Morgan fingerprint density at radius 3 is 2.78 bits per heavy atom. The summed E-state index contributed by atoms with van der Waals surface area (Å²) in [6.45, 7) is 0.271. The fourth-order valence-corrected chi connectivity index (χ4v) is 1.98. The maximum atomic E-state index is 12.4. The number of amides is 1. The molecule has 0 spiro atoms. The Bertz CT molecular complexity index is 407. The van der Waals surface area contributed by atoms with Gasteiger partial charge in [-0.05, 0) is 24.1 Å². The van der Waals surface area contributed by atoms with Crippen LogP contribution >= 0.6 is 0 Å². The first-order valence-electron chi connectivity index (χ1n) is 5.87. The number of hydrogen-bond donors (Lipinski definition) is 0. The second kappa shape index (κ2) is 5.71. The maximum Gasteiger partial charge on any atom is 0.410 e. The molecule has 5 heteroatoms. The Morgan fingerprint density at radius 2 is 2.17 bits per heavy atom. The summed E-state index contributed by atoms with van der Waals surface area (Å²) in [6, 6.07) is 7.28. The topological polar surface area (TPSA) is 38.8 Å². The molecular formula is C13H16FNO3. The highest BCUT2D eigenvalue weighted by Gasteiger charge is 2.32. The lowest BCUT2D eigenvalue weighted by Crippen LogP contribution is -2.33. The fourth-order valence-electron chi connectivity index (χ4n) is 1.98. The monoisotopic (exact) mass is 253 g/mol. The number of hydrogen-bond acceptors (Lipinski definition) is 3. The van der Waals surface area contributed by atoms with E-state index < -0.39 is 6.67 Å². The molecule has 0 bridgehead atoms. The molecular weight excluding hydrogens is 237 g/mol. The van der Waals surface area contributed by atoms with Gasteiger partial charge in [0.15, 0.2) is 0 Å². The number of ether oxygens (including phenoxy) is 2. The number of carbonyl (C=O) groups excluding carboxylic acids is 1. The molecule has 98 valence electrons. The van der Waals surface area contributed by atoms with E-state index >= 15 is 0 Å². The Kier molecular flexibility index (Phi) is 4.02. The van der Waals surface area contributed by atoms with Gasteiger partial charge in [0.05, 0.1) is 19.8 Å². The van der Waals surface area contributed by atoms with E-state index in [9.17, 15) is 9.18 Å². The summed E-state index contributed by atoms with van der Waals surface area (Å²) in [4.78, 5) is 13.1. The van der Waals surface area contributed by atoms with Gasteiger partial charge in [-0.3, -0.25) is 9.29 Å². The lowest BCUT2D eigenvalue weighted by Gasteiger charge is -2.20. The van der Waals surface area contributed by atoms with Gasteiger partial charge in [0, 0.05) is 6.54 Å². The van der Waals surface area contributed by atoms with Crippen LogP contribution in [0.1, 0.15) is 12.0 Å². The van der Waals surface area contributed by atoms with Crippen LogP contribution in [0.4, 0.5) is 9.18 Å². The van der Waals surface area contributed by atoms with Crippen LogP contribution in [0.5, 0.6) is 5.75 Å². The second-order valence-corrected chi connectivity index (χ2v) is 4.18. The zero-order valence-electron chi connectivity index (χ0n) is 10.3. The number of halogens is 1. The fraction of sp³-hybridized carbons (Fsp3) is 0.462. The number of methoxy groups -OCH3 is 1. The molecule has 0 aromatic heterocycles. The van der Waals surface area contributed by atoms with Crippen molar-refractivity contribution in [3.05, 3.63) is 29.8 Å². The van der Waals surface area contributed by atoms with Gasteiger partial charge in [0.1, 0.15) is 12.4 Å². The molecule has 4 nitrogen and oxygen atoms in total. The number of alkyl halides is 1. The van der Waals surface area contributed by atoms with Crippen LogP contribution in [0, 0.1) is 0 Å². The Morgan fingerprint density at radius 1 is 1.44 bits per heavy atom. The molecule has 0 saturated carbocycles. The smallest absolute Gasteiger partial charge is 0.410 e. The minimum absolute atomic E-state index is 0.162. The van der Waals surface area contributed by atoms with E-state index in [0.29, 0.717) is 13.0 Å². The molecule has 18 heavy (non-hydrogen) atoms. The average molecular weight is 253 g/mol. The Balaban J connectivity index is 2.03. The van der Waals surface area contributed by atoms with Gasteiger partial charge < -0.3 is 9.47 Å². The number of benzene rings is 1. The van der Waals surface area contributed by atoms with Crippen molar-refractivity contribution in [3.8, 4) is 5.75 Å². The molecule has 1 aromatic rings. The first-order chi connectivity index (χ1) is 8.74. The van der Waals surface area contributed by atoms with Gasteiger partial charge in [0.2, 0.25) is 0 Å². The first-order valence-corrected chi connectivity index (χ1v) is 5.87. The molecule has 2 rings (SSSR count). The normalized spacial score (nSPS) is 18.9. The third-order valence-electron chi connectivity index (χ3n) is 3.03. The van der Waals surface area contributed by atoms with E-state index in [1.165, 1.54) is 0 Å². The Hall–Kier alpha value is -1.78. The maximum absolute atomic E-state index is 12.4. The van der Waals surface area contributed by atoms with Crippen molar-refractivity contribution in [3.63, 3.8) is 0 Å². The van der Waals surface area contributed by atoms with Crippen LogP contribution in [0.15, 0.2) is 24.3 Å². The molecule has 1 fully saturated rings. The van der Waals surface area contributed by atoms with Crippen molar-refractivity contribution >= 4 is 6.09 Å². The quantitative estimate of drug-likeness (QED) is 0.808. The molecule has 0 N–H and O–H groups in total. The van der Waals surface area contributed by atoms with Crippen LogP contribution in [0.3, 0.4) is 0 Å². The zero-order valence-corrected chi connectivity index (χ0v) is 10.3. The predicted molar refractivity (Wildman–Crippen MR) is 64.3 cm³/mol. The third-order valence-corrected chi connectivity index (χ3v) is 3.03. The van der Waals surface area contributed by atoms with Crippen LogP contribution in [0.25, 0.3) is 0 Å². The van der Waals surface area contributed by atoms with E-state index in [1.807, 2.05) is 24.3 Å². The van der Waals surface area contributed by atoms with Crippen molar-refractivity contribution < 1.29 is 18.7 Å².